The lowest BCUT2D eigenvalue weighted by Crippen LogP contribution is -2.62. The summed E-state index contributed by atoms with van der Waals surface area (Å²) in [5.41, 5.74) is 16.9. The Bertz CT molecular complexity index is 1730. The van der Waals surface area contributed by atoms with Crippen molar-refractivity contribution < 1.29 is 63.3 Å². The van der Waals surface area contributed by atoms with Crippen LogP contribution in [0.3, 0.4) is 0 Å². The predicted octanol–water partition coefficient (Wildman–Crippen LogP) is -2.90. The SMILES string of the molecule is CC[C@H](C)[C@H](NC(=O)[C@@H](NC(=O)[C@H](CC(N)=O)NC(=O)[C@H](CC(C)C)NC(=O)[C@H](CC(C)C)NC(=O)[C@@H](N)[C@@H](C)O)C(C)C)C(=O)N[C@@H](CCCCN)C(=O)N[C@@H](CO)C(=O)N[C@H](C(=O)O)C(C)C. The van der Waals surface area contributed by atoms with Crippen LogP contribution in [0.5, 0.6) is 0 Å². The summed E-state index contributed by atoms with van der Waals surface area (Å²) < 4.78 is 0. The molecule has 9 amide bonds. The zero-order valence-corrected chi connectivity index (χ0v) is 42.2. The lowest BCUT2D eigenvalue weighted by molar-refractivity contribution is -0.144. The van der Waals surface area contributed by atoms with E-state index in [2.05, 4.69) is 42.5 Å². The molecule has 0 saturated carbocycles. The third-order valence-electron chi connectivity index (χ3n) is 11.2. The molecule has 0 aromatic carbocycles. The zero-order valence-electron chi connectivity index (χ0n) is 42.2. The van der Waals surface area contributed by atoms with Gasteiger partial charge in [-0.3, -0.25) is 43.2 Å². The van der Waals surface area contributed by atoms with Gasteiger partial charge in [-0.05, 0) is 75.2 Å². The normalized spacial score (nSPS) is 16.3. The maximum Gasteiger partial charge on any atom is 0.326 e. The van der Waals surface area contributed by atoms with E-state index in [-0.39, 0.29) is 37.6 Å². The maximum absolute atomic E-state index is 14.1. The number of carboxylic acid groups (broad SMARTS) is 1. The number of hydrogen-bond acceptors (Lipinski definition) is 14. The summed E-state index contributed by atoms with van der Waals surface area (Å²) in [5, 5.41) is 49.4. The van der Waals surface area contributed by atoms with Gasteiger partial charge in [0.15, 0.2) is 0 Å². The van der Waals surface area contributed by atoms with Gasteiger partial charge in [-0.15, -0.1) is 0 Å². The monoisotopic (exact) mass is 986 g/mol. The average Bonchev–Trinajstić information content (AvgIpc) is 3.25. The van der Waals surface area contributed by atoms with Gasteiger partial charge in [-0.2, -0.15) is 0 Å². The molecule has 0 rings (SSSR count). The number of carbonyl (C=O) groups excluding carboxylic acids is 9. The van der Waals surface area contributed by atoms with Gasteiger partial charge in [-0.1, -0.05) is 75.7 Å². The molecule has 0 unspecified atom stereocenters. The molecule has 0 fully saturated rings. The summed E-state index contributed by atoms with van der Waals surface area (Å²) in [7, 11) is 0. The number of nitrogens with one attached hydrogen (secondary N) is 8. The summed E-state index contributed by atoms with van der Waals surface area (Å²) in [6.07, 6.45) is -0.611. The first-order valence-electron chi connectivity index (χ1n) is 23.7. The van der Waals surface area contributed by atoms with Crippen molar-refractivity contribution in [1.82, 2.24) is 42.5 Å². The second-order valence-corrected chi connectivity index (χ2v) is 19.1. The molecule has 0 saturated heterocycles. The molecular formula is C45H83N11O13. The van der Waals surface area contributed by atoms with Crippen LogP contribution in [-0.2, 0) is 47.9 Å². The van der Waals surface area contributed by atoms with E-state index in [1.54, 1.807) is 69.2 Å². The molecule has 396 valence electrons. The minimum atomic E-state index is -1.66. The molecule has 24 nitrogen and oxygen atoms in total. The molecule has 0 aliphatic rings. The maximum atomic E-state index is 14.1. The Kier molecular flexibility index (Phi) is 29.1. The van der Waals surface area contributed by atoms with Gasteiger partial charge < -0.3 is 75.1 Å². The third kappa shape index (κ3) is 23.1. The first-order chi connectivity index (χ1) is 32.0. The first kappa shape index (κ1) is 63.5. The van der Waals surface area contributed by atoms with Crippen molar-refractivity contribution >= 4 is 59.1 Å². The van der Waals surface area contributed by atoms with E-state index >= 15 is 0 Å². The molecule has 0 bridgehead atoms. The van der Waals surface area contributed by atoms with E-state index in [4.69, 9.17) is 17.2 Å². The number of aliphatic hydroxyl groups is 2. The van der Waals surface area contributed by atoms with Crippen molar-refractivity contribution in [3.63, 3.8) is 0 Å². The van der Waals surface area contributed by atoms with Crippen LogP contribution in [0.25, 0.3) is 0 Å². The van der Waals surface area contributed by atoms with E-state index in [9.17, 15) is 63.3 Å². The number of rotatable bonds is 33. The molecule has 0 spiro atoms. The molecule has 0 aromatic heterocycles. The number of carbonyl (C=O) groups is 10. The molecule has 24 heteroatoms. The van der Waals surface area contributed by atoms with Crippen molar-refractivity contribution in [3.8, 4) is 0 Å². The molecule has 69 heavy (non-hydrogen) atoms. The highest BCUT2D eigenvalue weighted by Gasteiger charge is 2.37. The molecular weight excluding hydrogens is 903 g/mol. The number of amides is 9. The van der Waals surface area contributed by atoms with Crippen molar-refractivity contribution in [2.24, 2.45) is 46.8 Å². The number of hydrogen-bond donors (Lipinski definition) is 14. The Morgan fingerprint density at radius 3 is 1.32 bits per heavy atom. The zero-order chi connectivity index (χ0) is 53.5. The quantitative estimate of drug-likeness (QED) is 0.0294. The Labute approximate surface area is 405 Å². The van der Waals surface area contributed by atoms with Gasteiger partial charge in [0.1, 0.15) is 54.4 Å². The van der Waals surface area contributed by atoms with Crippen LogP contribution in [0.2, 0.25) is 0 Å². The molecule has 0 heterocycles. The van der Waals surface area contributed by atoms with Crippen LogP contribution in [0.4, 0.5) is 0 Å². The van der Waals surface area contributed by atoms with Crippen molar-refractivity contribution in [2.45, 2.75) is 182 Å². The smallest absolute Gasteiger partial charge is 0.326 e. The topological polar surface area (TPSA) is 406 Å². The van der Waals surface area contributed by atoms with Crippen LogP contribution in [0.15, 0.2) is 0 Å². The fourth-order valence-electron chi connectivity index (χ4n) is 6.84. The van der Waals surface area contributed by atoms with Crippen LogP contribution in [-0.4, -0.2) is 148 Å². The Morgan fingerprint density at radius 2 is 0.899 bits per heavy atom. The van der Waals surface area contributed by atoms with E-state index < -0.39 is 150 Å². The van der Waals surface area contributed by atoms with E-state index in [1.165, 1.54) is 6.92 Å². The number of nitrogens with two attached hydrogens (primary N) is 3. The van der Waals surface area contributed by atoms with Gasteiger partial charge in [0.05, 0.1) is 19.1 Å². The number of carboxylic acids is 1. The lowest BCUT2D eigenvalue weighted by atomic mass is 9.95. The Morgan fingerprint density at radius 1 is 0.507 bits per heavy atom. The van der Waals surface area contributed by atoms with E-state index in [0.717, 1.165) is 0 Å². The fraction of sp³-hybridized carbons (Fsp3) is 0.778. The lowest BCUT2D eigenvalue weighted by Gasteiger charge is -2.31. The van der Waals surface area contributed by atoms with Gasteiger partial charge in [-0.25, -0.2) is 4.79 Å². The minimum absolute atomic E-state index is 0.0204. The summed E-state index contributed by atoms with van der Waals surface area (Å²) in [4.78, 5) is 133. The summed E-state index contributed by atoms with van der Waals surface area (Å²) in [6, 6.07) is -12.4. The van der Waals surface area contributed by atoms with Crippen LogP contribution in [0, 0.1) is 29.6 Å². The van der Waals surface area contributed by atoms with Crippen LogP contribution < -0.4 is 59.7 Å². The number of unbranched alkanes of at least 4 members (excludes halogenated alkanes) is 1. The minimum Gasteiger partial charge on any atom is -0.480 e. The third-order valence-corrected chi connectivity index (χ3v) is 11.2. The second-order valence-electron chi connectivity index (χ2n) is 19.1. The van der Waals surface area contributed by atoms with E-state index in [1.807, 2.05) is 0 Å². The van der Waals surface area contributed by atoms with Gasteiger partial charge in [0.2, 0.25) is 53.2 Å². The number of aliphatic carboxylic acids is 1. The first-order valence-corrected chi connectivity index (χ1v) is 23.7. The Balaban J connectivity index is 6.56. The molecule has 0 aliphatic heterocycles. The number of primary amides is 1. The van der Waals surface area contributed by atoms with Crippen molar-refractivity contribution in [1.29, 1.82) is 0 Å². The van der Waals surface area contributed by atoms with Gasteiger partial charge in [0.25, 0.3) is 0 Å². The van der Waals surface area contributed by atoms with Crippen molar-refractivity contribution in [2.75, 3.05) is 13.2 Å². The molecule has 11 atom stereocenters. The predicted molar refractivity (Wildman–Crippen MR) is 255 cm³/mol. The summed E-state index contributed by atoms with van der Waals surface area (Å²) in [5.74, 6) is -11.3. The molecule has 0 aliphatic carbocycles. The van der Waals surface area contributed by atoms with E-state index in [0.29, 0.717) is 19.3 Å². The highest BCUT2D eigenvalue weighted by Crippen LogP contribution is 2.14. The van der Waals surface area contributed by atoms with Crippen LogP contribution in [0.1, 0.15) is 121 Å². The number of aliphatic hydroxyl groups excluding tert-OH is 2. The second kappa shape index (κ2) is 31.6. The van der Waals surface area contributed by atoms with Gasteiger partial charge in [0, 0.05) is 0 Å². The highest BCUT2D eigenvalue weighted by molar-refractivity contribution is 5.99. The van der Waals surface area contributed by atoms with Gasteiger partial charge >= 0.3 is 5.97 Å². The summed E-state index contributed by atoms with van der Waals surface area (Å²) in [6.45, 7) is 17.5. The largest absolute Gasteiger partial charge is 0.480 e. The van der Waals surface area contributed by atoms with Crippen LogP contribution >= 0.6 is 0 Å². The summed E-state index contributed by atoms with van der Waals surface area (Å²) >= 11 is 0. The molecule has 0 radical (unpaired) electrons. The molecule has 0 aromatic rings. The standard InChI is InChI=1S/C45H83N11O13/c1-12-25(10)36(44(67)49-27(15-13-14-16-46)37(60)53-31(20-57)41(64)55-35(24(8)9)45(68)69)56-43(66)34(23(6)7)54-40(63)30(19-32(47)59)51-38(61)28(17-21(2)3)50-39(62)29(18-22(4)5)52-42(65)33(48)26(11)58/h21-31,33-36,57-58H,12-20,46,48H2,1-11H3,(H2,47,59)(H,49,67)(H,50,62)(H,51,61)(H,52,65)(H,53,60)(H,54,63)(H,55,64)(H,56,66)(H,68,69)/t25-,26+,27-,28-,29-,30-,31-,33-,34-,35-,36-/m0/s1. The highest BCUT2D eigenvalue weighted by atomic mass is 16.4. The fourth-order valence-corrected chi connectivity index (χ4v) is 6.84. The Hall–Kier alpha value is -5.46. The van der Waals surface area contributed by atoms with Crippen molar-refractivity contribution in [3.05, 3.63) is 0 Å². The average molecular weight is 986 g/mol. The molecule has 17 N–H and O–H groups in total.